The van der Waals surface area contributed by atoms with E-state index >= 15 is 0 Å². The standard InChI is InChI=1S/C15H11NO7/c16-7-3-6(17)4-10-11(7)13(21)14(22)15(23-10)5-1-8(18)12(20)9(19)2-5/h1-4,17-20,22H,16H2. The van der Waals surface area contributed by atoms with Gasteiger partial charge in [0, 0.05) is 17.7 Å². The molecule has 7 N–H and O–H groups in total. The van der Waals surface area contributed by atoms with Crippen molar-refractivity contribution in [2.24, 2.45) is 0 Å². The largest absolute Gasteiger partial charge is 0.508 e. The number of hydrogen-bond donors (Lipinski definition) is 6. The normalized spacial score (nSPS) is 11.0. The predicted octanol–water partition coefficient (Wildman–Crippen LogP) is 1.57. The van der Waals surface area contributed by atoms with Crippen molar-refractivity contribution >= 4 is 16.7 Å². The molecule has 0 aliphatic carbocycles. The van der Waals surface area contributed by atoms with Gasteiger partial charge in [-0.1, -0.05) is 0 Å². The lowest BCUT2D eigenvalue weighted by Gasteiger charge is -2.09. The molecule has 8 nitrogen and oxygen atoms in total. The van der Waals surface area contributed by atoms with Crippen molar-refractivity contribution in [1.29, 1.82) is 0 Å². The summed E-state index contributed by atoms with van der Waals surface area (Å²) >= 11 is 0. The van der Waals surface area contributed by atoms with Gasteiger partial charge in [0.2, 0.25) is 11.2 Å². The predicted molar refractivity (Wildman–Crippen MR) is 80.7 cm³/mol. The van der Waals surface area contributed by atoms with E-state index in [1.54, 1.807) is 0 Å². The number of aromatic hydroxyl groups is 5. The van der Waals surface area contributed by atoms with Crippen LogP contribution in [0.5, 0.6) is 28.7 Å². The Bertz CT molecular complexity index is 984. The van der Waals surface area contributed by atoms with Crippen LogP contribution >= 0.6 is 0 Å². The Labute approximate surface area is 127 Å². The lowest BCUT2D eigenvalue weighted by molar-refractivity contribution is 0.368. The van der Waals surface area contributed by atoms with Gasteiger partial charge in [0.1, 0.15) is 11.3 Å². The molecule has 118 valence electrons. The fraction of sp³-hybridized carbons (Fsp3) is 0. The van der Waals surface area contributed by atoms with Crippen LogP contribution in [0.3, 0.4) is 0 Å². The summed E-state index contributed by atoms with van der Waals surface area (Å²) < 4.78 is 5.38. The first-order chi connectivity index (χ1) is 10.8. The van der Waals surface area contributed by atoms with E-state index in [1.165, 1.54) is 0 Å². The molecule has 0 aliphatic rings. The van der Waals surface area contributed by atoms with Crippen LogP contribution < -0.4 is 11.2 Å². The third-order valence-corrected chi connectivity index (χ3v) is 3.32. The van der Waals surface area contributed by atoms with Crippen LogP contribution in [0, 0.1) is 0 Å². The van der Waals surface area contributed by atoms with Crippen molar-refractivity contribution < 1.29 is 29.9 Å². The lowest BCUT2D eigenvalue weighted by atomic mass is 10.1. The molecule has 1 heterocycles. The smallest absolute Gasteiger partial charge is 0.237 e. The molecule has 0 bridgehead atoms. The van der Waals surface area contributed by atoms with E-state index in [0.717, 1.165) is 24.3 Å². The third kappa shape index (κ3) is 2.13. The molecular weight excluding hydrogens is 306 g/mol. The Balaban J connectivity index is 2.40. The number of phenolic OH excluding ortho intramolecular Hbond substituents is 4. The molecule has 3 aromatic rings. The molecule has 0 aliphatic heterocycles. The molecule has 0 radical (unpaired) electrons. The lowest BCUT2D eigenvalue weighted by Crippen LogP contribution is -2.05. The SMILES string of the molecule is Nc1cc(O)cc2oc(-c3cc(O)c(O)c(O)c3)c(O)c(=O)c12. The number of nitrogen functional groups attached to an aromatic ring is 1. The molecule has 1 aromatic heterocycles. The zero-order valence-corrected chi connectivity index (χ0v) is 11.4. The number of hydrogen-bond acceptors (Lipinski definition) is 8. The minimum Gasteiger partial charge on any atom is -0.508 e. The van der Waals surface area contributed by atoms with E-state index in [0.29, 0.717) is 0 Å². The van der Waals surface area contributed by atoms with Crippen LogP contribution in [0.4, 0.5) is 5.69 Å². The van der Waals surface area contributed by atoms with Gasteiger partial charge in [0.25, 0.3) is 0 Å². The van der Waals surface area contributed by atoms with Gasteiger partial charge in [-0.3, -0.25) is 4.79 Å². The average molecular weight is 317 g/mol. The first-order valence-corrected chi connectivity index (χ1v) is 6.33. The van der Waals surface area contributed by atoms with Crippen molar-refractivity contribution in [2.75, 3.05) is 5.73 Å². The van der Waals surface area contributed by atoms with Crippen molar-refractivity contribution in [3.63, 3.8) is 0 Å². The number of phenols is 4. The summed E-state index contributed by atoms with van der Waals surface area (Å²) in [5, 5.41) is 47.9. The Morgan fingerprint density at radius 1 is 0.870 bits per heavy atom. The highest BCUT2D eigenvalue weighted by Gasteiger charge is 2.20. The number of fused-ring (bicyclic) bond motifs is 1. The summed E-state index contributed by atoms with van der Waals surface area (Å²) in [6.45, 7) is 0. The summed E-state index contributed by atoms with van der Waals surface area (Å²) in [5.74, 6) is -3.49. The van der Waals surface area contributed by atoms with Crippen LogP contribution in [0.2, 0.25) is 0 Å². The maximum Gasteiger partial charge on any atom is 0.237 e. The Kier molecular flexibility index (Phi) is 2.96. The zero-order valence-electron chi connectivity index (χ0n) is 11.4. The average Bonchev–Trinajstić information content (AvgIpc) is 2.47. The highest BCUT2D eigenvalue weighted by atomic mass is 16.4. The minimum absolute atomic E-state index is 0.0591. The van der Waals surface area contributed by atoms with Gasteiger partial charge in [-0.05, 0) is 12.1 Å². The Morgan fingerprint density at radius 2 is 1.48 bits per heavy atom. The quantitative estimate of drug-likeness (QED) is 0.291. The molecular formula is C15H11NO7. The maximum atomic E-state index is 12.2. The molecule has 0 unspecified atom stereocenters. The summed E-state index contributed by atoms with van der Waals surface area (Å²) in [6, 6.07) is 4.25. The summed E-state index contributed by atoms with van der Waals surface area (Å²) in [6.07, 6.45) is 0. The molecule has 0 saturated heterocycles. The van der Waals surface area contributed by atoms with E-state index in [1.807, 2.05) is 0 Å². The molecule has 3 rings (SSSR count). The molecule has 8 heteroatoms. The van der Waals surface area contributed by atoms with Crippen molar-refractivity contribution in [1.82, 2.24) is 0 Å². The maximum absolute atomic E-state index is 12.2. The fourth-order valence-corrected chi connectivity index (χ4v) is 2.26. The third-order valence-electron chi connectivity index (χ3n) is 3.32. The van der Waals surface area contributed by atoms with Crippen LogP contribution in [-0.2, 0) is 0 Å². The van der Waals surface area contributed by atoms with E-state index in [2.05, 4.69) is 0 Å². The molecule has 0 amide bonds. The topological polar surface area (TPSA) is 157 Å². The number of anilines is 1. The second-order valence-corrected chi connectivity index (χ2v) is 4.88. The van der Waals surface area contributed by atoms with Gasteiger partial charge in [0.15, 0.2) is 23.0 Å². The van der Waals surface area contributed by atoms with Crippen LogP contribution in [0.1, 0.15) is 0 Å². The Hall–Kier alpha value is -3.55. The van der Waals surface area contributed by atoms with Crippen LogP contribution in [0.15, 0.2) is 33.5 Å². The zero-order chi connectivity index (χ0) is 16.9. The van der Waals surface area contributed by atoms with Gasteiger partial charge in [-0.25, -0.2) is 0 Å². The Morgan fingerprint density at radius 3 is 2.09 bits per heavy atom. The van der Waals surface area contributed by atoms with E-state index in [4.69, 9.17) is 10.2 Å². The van der Waals surface area contributed by atoms with Crippen molar-refractivity contribution in [2.45, 2.75) is 0 Å². The van der Waals surface area contributed by atoms with Gasteiger partial charge in [-0.2, -0.15) is 0 Å². The van der Waals surface area contributed by atoms with Crippen LogP contribution in [-0.4, -0.2) is 25.5 Å². The second kappa shape index (κ2) is 4.73. The van der Waals surface area contributed by atoms with Gasteiger partial charge >= 0.3 is 0 Å². The highest BCUT2D eigenvalue weighted by molar-refractivity contribution is 5.92. The van der Waals surface area contributed by atoms with Gasteiger partial charge in [-0.15, -0.1) is 0 Å². The second-order valence-electron chi connectivity index (χ2n) is 4.88. The molecule has 0 saturated carbocycles. The molecule has 0 atom stereocenters. The molecule has 23 heavy (non-hydrogen) atoms. The summed E-state index contributed by atoms with van der Waals surface area (Å²) in [5.41, 5.74) is 4.57. The first kappa shape index (κ1) is 14.4. The van der Waals surface area contributed by atoms with Gasteiger partial charge in [0.05, 0.1) is 11.1 Å². The van der Waals surface area contributed by atoms with E-state index in [9.17, 15) is 30.3 Å². The monoisotopic (exact) mass is 317 g/mol. The summed E-state index contributed by atoms with van der Waals surface area (Å²) in [7, 11) is 0. The number of benzene rings is 2. The first-order valence-electron chi connectivity index (χ1n) is 6.33. The minimum atomic E-state index is -0.842. The fourth-order valence-electron chi connectivity index (χ4n) is 2.26. The van der Waals surface area contributed by atoms with Crippen LogP contribution in [0.25, 0.3) is 22.3 Å². The number of rotatable bonds is 1. The summed E-state index contributed by atoms with van der Waals surface area (Å²) in [4.78, 5) is 12.2. The molecule has 2 aromatic carbocycles. The van der Waals surface area contributed by atoms with E-state index < -0.39 is 28.4 Å². The van der Waals surface area contributed by atoms with Crippen molar-refractivity contribution in [3.05, 3.63) is 34.5 Å². The van der Waals surface area contributed by atoms with Crippen molar-refractivity contribution in [3.8, 4) is 40.1 Å². The molecule has 0 spiro atoms. The number of nitrogens with two attached hydrogens (primary N) is 1. The molecule has 0 fully saturated rings. The highest BCUT2D eigenvalue weighted by Crippen LogP contribution is 2.41. The van der Waals surface area contributed by atoms with E-state index in [-0.39, 0.29) is 33.7 Å². The van der Waals surface area contributed by atoms with Gasteiger partial charge < -0.3 is 35.7 Å².